The average Bonchev–Trinajstić information content (AvgIpc) is 2.72. The molecular formula is C16H28O14. The number of aliphatic hydroxyl groups excluding tert-OH is 9. The highest BCUT2D eigenvalue weighted by atomic mass is 16.7. The van der Waals surface area contributed by atoms with E-state index in [2.05, 4.69) is 0 Å². The lowest BCUT2D eigenvalue weighted by molar-refractivity contribution is -0.337. The molecule has 14 heteroatoms. The minimum absolute atomic E-state index is 0.309. The van der Waals surface area contributed by atoms with Gasteiger partial charge in [-0.2, -0.15) is 0 Å². The third-order valence-corrected chi connectivity index (χ3v) is 5.31. The van der Waals surface area contributed by atoms with E-state index in [4.69, 9.17) is 23.7 Å². The van der Waals surface area contributed by atoms with Crippen LogP contribution in [0.5, 0.6) is 0 Å². The first kappa shape index (κ1) is 24.1. The van der Waals surface area contributed by atoms with E-state index in [0.717, 1.165) is 0 Å². The van der Waals surface area contributed by atoms with Crippen molar-refractivity contribution < 1.29 is 69.6 Å². The summed E-state index contributed by atoms with van der Waals surface area (Å²) in [5.41, 5.74) is 0. The third kappa shape index (κ3) is 4.92. The fourth-order valence-electron chi connectivity index (χ4n) is 3.36. The van der Waals surface area contributed by atoms with Crippen molar-refractivity contribution in [2.75, 3.05) is 19.8 Å². The molecule has 9 N–H and O–H groups in total. The normalized spacial score (nSPS) is 52.9. The van der Waals surface area contributed by atoms with Gasteiger partial charge in [0.05, 0.1) is 19.8 Å². The van der Waals surface area contributed by atoms with Crippen LogP contribution >= 0.6 is 0 Å². The Morgan fingerprint density at radius 2 is 1.27 bits per heavy atom. The molecule has 0 aromatic heterocycles. The summed E-state index contributed by atoms with van der Waals surface area (Å²) in [5, 5.41) is 88.0. The number of hydrogen-bond acceptors (Lipinski definition) is 14. The highest BCUT2D eigenvalue weighted by Gasteiger charge is 2.47. The number of ether oxygens (including phenoxy) is 5. The van der Waals surface area contributed by atoms with E-state index in [1.54, 1.807) is 0 Å². The number of hydrogen-bond donors (Lipinski definition) is 9. The molecule has 0 spiro atoms. The fourth-order valence-corrected chi connectivity index (χ4v) is 3.36. The zero-order valence-electron chi connectivity index (χ0n) is 15.7. The molecule has 0 radical (unpaired) electrons. The monoisotopic (exact) mass is 444 g/mol. The molecular weight excluding hydrogens is 416 g/mol. The molecule has 0 aromatic rings. The first-order valence-electron chi connectivity index (χ1n) is 9.40. The highest BCUT2D eigenvalue weighted by molar-refractivity contribution is 4.90. The molecule has 3 rings (SSSR count). The second-order valence-electron chi connectivity index (χ2n) is 7.48. The lowest BCUT2D eigenvalue weighted by Crippen LogP contribution is -2.61. The first-order valence-corrected chi connectivity index (χ1v) is 9.40. The summed E-state index contributed by atoms with van der Waals surface area (Å²) in [4.78, 5) is 0. The molecule has 0 bridgehead atoms. The van der Waals surface area contributed by atoms with Crippen LogP contribution in [0.1, 0.15) is 0 Å². The van der Waals surface area contributed by atoms with Crippen LogP contribution in [0.2, 0.25) is 0 Å². The van der Waals surface area contributed by atoms with Crippen LogP contribution in [0.15, 0.2) is 0 Å². The SMILES string of the molecule is O[C@@H]1[C@@H](O)[C@H](O)O[C@H](CO[C@H]2OC[C@H](O[C@H]3OC[C@H](O)[C@@H](O)[C@@H]3O)[C@@H](O)[C@@H]2O)[C@H]1O. The maximum absolute atomic E-state index is 10.3. The first-order chi connectivity index (χ1) is 14.1. The maximum atomic E-state index is 10.3. The minimum atomic E-state index is -1.76. The van der Waals surface area contributed by atoms with E-state index in [1.807, 2.05) is 0 Å². The molecule has 14 nitrogen and oxygen atoms in total. The summed E-state index contributed by atoms with van der Waals surface area (Å²) in [5.74, 6) is 0. The Bertz CT molecular complexity index is 552. The Morgan fingerprint density at radius 1 is 0.633 bits per heavy atom. The van der Waals surface area contributed by atoms with Crippen molar-refractivity contribution in [2.24, 2.45) is 0 Å². The molecule has 0 aromatic carbocycles. The Morgan fingerprint density at radius 3 is 1.97 bits per heavy atom. The van der Waals surface area contributed by atoms with Gasteiger partial charge in [-0.3, -0.25) is 0 Å². The van der Waals surface area contributed by atoms with E-state index in [1.165, 1.54) is 0 Å². The van der Waals surface area contributed by atoms with Crippen LogP contribution in [0.3, 0.4) is 0 Å². The second kappa shape index (κ2) is 9.93. The van der Waals surface area contributed by atoms with Gasteiger partial charge in [0.15, 0.2) is 18.9 Å². The van der Waals surface area contributed by atoms with Crippen LogP contribution in [0.4, 0.5) is 0 Å². The molecule has 30 heavy (non-hydrogen) atoms. The standard InChI is InChI=1S/C16H28O14/c17-4-1-26-16(12(23)7(4)18)30-6-3-28-15(13(24)9(6)20)27-2-5-8(19)10(21)11(22)14(25)29-5/h4-25H,1-3H2/t4-,5+,6-,7+,8+,9+,10-,11+,12-,13-,14+,15-,16+/m0/s1. The van der Waals surface area contributed by atoms with E-state index >= 15 is 0 Å². The second-order valence-corrected chi connectivity index (χ2v) is 7.48. The fraction of sp³-hybridized carbons (Fsp3) is 1.00. The quantitative estimate of drug-likeness (QED) is 0.192. The zero-order valence-corrected chi connectivity index (χ0v) is 15.7. The van der Waals surface area contributed by atoms with Gasteiger partial charge < -0.3 is 69.6 Å². The summed E-state index contributed by atoms with van der Waals surface area (Å²) >= 11 is 0. The van der Waals surface area contributed by atoms with Gasteiger partial charge in [-0.25, -0.2) is 0 Å². The van der Waals surface area contributed by atoms with Gasteiger partial charge in [-0.05, 0) is 0 Å². The molecule has 0 amide bonds. The molecule has 3 aliphatic rings. The Labute approximate surface area is 170 Å². The average molecular weight is 444 g/mol. The van der Waals surface area contributed by atoms with Gasteiger partial charge in [0.2, 0.25) is 0 Å². The number of rotatable bonds is 5. The molecule has 0 saturated carbocycles. The predicted molar refractivity (Wildman–Crippen MR) is 89.2 cm³/mol. The van der Waals surface area contributed by atoms with Crippen LogP contribution in [0, 0.1) is 0 Å². The molecule has 0 unspecified atom stereocenters. The van der Waals surface area contributed by atoms with Crippen molar-refractivity contribution in [2.45, 2.75) is 79.9 Å². The highest BCUT2D eigenvalue weighted by Crippen LogP contribution is 2.25. The molecule has 176 valence electrons. The van der Waals surface area contributed by atoms with Crippen molar-refractivity contribution >= 4 is 0 Å². The van der Waals surface area contributed by atoms with Gasteiger partial charge in [0.1, 0.15) is 61.0 Å². The Kier molecular flexibility index (Phi) is 7.97. The van der Waals surface area contributed by atoms with Crippen molar-refractivity contribution in [3.8, 4) is 0 Å². The maximum Gasteiger partial charge on any atom is 0.186 e. The predicted octanol–water partition coefficient (Wildman–Crippen LogP) is -6.29. The van der Waals surface area contributed by atoms with Crippen molar-refractivity contribution in [3.05, 3.63) is 0 Å². The molecule has 3 heterocycles. The summed E-state index contributed by atoms with van der Waals surface area (Å²) in [6.45, 7) is -1.08. The largest absolute Gasteiger partial charge is 0.388 e. The van der Waals surface area contributed by atoms with Crippen LogP contribution < -0.4 is 0 Å². The smallest absolute Gasteiger partial charge is 0.186 e. The van der Waals surface area contributed by atoms with Gasteiger partial charge in [-0.1, -0.05) is 0 Å². The van der Waals surface area contributed by atoms with Crippen molar-refractivity contribution in [3.63, 3.8) is 0 Å². The summed E-state index contributed by atoms with van der Waals surface area (Å²) < 4.78 is 25.9. The van der Waals surface area contributed by atoms with Gasteiger partial charge in [-0.15, -0.1) is 0 Å². The Hall–Kier alpha value is -0.560. The molecule has 0 aliphatic carbocycles. The van der Waals surface area contributed by atoms with E-state index in [9.17, 15) is 46.0 Å². The third-order valence-electron chi connectivity index (χ3n) is 5.31. The number of aliphatic hydroxyl groups is 9. The lowest BCUT2D eigenvalue weighted by atomic mass is 9.99. The van der Waals surface area contributed by atoms with Crippen LogP contribution in [-0.2, 0) is 23.7 Å². The molecule has 3 saturated heterocycles. The Balaban J connectivity index is 1.50. The molecule has 13 atom stereocenters. The van der Waals surface area contributed by atoms with E-state index in [-0.39, 0.29) is 13.2 Å². The van der Waals surface area contributed by atoms with Crippen molar-refractivity contribution in [1.82, 2.24) is 0 Å². The van der Waals surface area contributed by atoms with Crippen LogP contribution in [-0.4, -0.2) is 146 Å². The van der Waals surface area contributed by atoms with E-state index < -0.39 is 86.5 Å². The zero-order chi connectivity index (χ0) is 22.2. The topological polar surface area (TPSA) is 228 Å². The van der Waals surface area contributed by atoms with Gasteiger partial charge >= 0.3 is 0 Å². The lowest BCUT2D eigenvalue weighted by Gasteiger charge is -2.42. The minimum Gasteiger partial charge on any atom is -0.388 e. The van der Waals surface area contributed by atoms with Crippen LogP contribution in [0.25, 0.3) is 0 Å². The van der Waals surface area contributed by atoms with Gasteiger partial charge in [0, 0.05) is 0 Å². The molecule has 3 aliphatic heterocycles. The van der Waals surface area contributed by atoms with Crippen molar-refractivity contribution in [1.29, 1.82) is 0 Å². The summed E-state index contributed by atoms with van der Waals surface area (Å²) in [7, 11) is 0. The molecule has 3 fully saturated rings. The van der Waals surface area contributed by atoms with E-state index in [0.29, 0.717) is 0 Å². The van der Waals surface area contributed by atoms with Gasteiger partial charge in [0.25, 0.3) is 0 Å². The summed E-state index contributed by atoms with van der Waals surface area (Å²) in [6, 6.07) is 0. The summed E-state index contributed by atoms with van der Waals surface area (Å²) in [6.07, 6.45) is -19.5.